The van der Waals surface area contributed by atoms with Crippen LogP contribution in [0.25, 0.3) is 0 Å². The molecular weight excluding hydrogens is 131 g/mol. The van der Waals surface area contributed by atoms with Gasteiger partial charge in [-0.25, -0.2) is 0 Å². The van der Waals surface area contributed by atoms with Gasteiger partial charge in [0.25, 0.3) is 0 Å². The summed E-state index contributed by atoms with van der Waals surface area (Å²) in [4.78, 5) is 0. The first-order chi connectivity index (χ1) is 1.00. The van der Waals surface area contributed by atoms with Gasteiger partial charge in [0.2, 0.25) is 0 Å². The van der Waals surface area contributed by atoms with Crippen LogP contribution in [-0.2, 0) is 24.8 Å². The summed E-state index contributed by atoms with van der Waals surface area (Å²) in [6.07, 6.45) is 0. The van der Waals surface area contributed by atoms with Crippen molar-refractivity contribution in [2.24, 2.45) is 0 Å². The quantitative estimate of drug-likeness (QED) is 0.372. The molecule has 5 heteroatoms. The molecule has 0 aromatic rings. The fraction of sp³-hybridized carbons (Fsp3) is 0. The van der Waals surface area contributed by atoms with E-state index >= 15 is 0 Å². The van der Waals surface area contributed by atoms with E-state index in [2.05, 4.69) is 15.4 Å². The molecule has 3 nitrogen and oxygen atoms in total. The van der Waals surface area contributed by atoms with Gasteiger partial charge in [-0.15, -0.1) is 0 Å². The van der Waals surface area contributed by atoms with Crippen molar-refractivity contribution < 1.29 is 30.2 Å². The number of hydrogen-bond acceptors (Lipinski definition) is 1. The summed E-state index contributed by atoms with van der Waals surface area (Å²) in [5.74, 6) is 0. The van der Waals surface area contributed by atoms with Crippen molar-refractivity contribution in [2.75, 3.05) is 0 Å². The van der Waals surface area contributed by atoms with Crippen LogP contribution in [0.4, 0.5) is 0 Å². The molecule has 0 heterocycles. The predicted octanol–water partition coefficient (Wildman–Crippen LogP) is -1.45. The van der Waals surface area contributed by atoms with Gasteiger partial charge < -0.3 is 11.0 Å². The van der Waals surface area contributed by atoms with E-state index in [9.17, 15) is 0 Å². The maximum atomic E-state index is 7.88. The fourth-order valence-electron chi connectivity index (χ4n) is 0. The molecule has 0 aliphatic carbocycles. The van der Waals surface area contributed by atoms with Crippen LogP contribution in [0.1, 0.15) is 0 Å². The van der Waals surface area contributed by atoms with E-state index in [4.69, 9.17) is 3.90 Å². The Hall–Kier alpha value is 0.980. The average Bonchev–Trinajstić information content (AvgIpc) is 1.00. The summed E-state index contributed by atoms with van der Waals surface area (Å²) in [6.45, 7) is 0. The van der Waals surface area contributed by atoms with Gasteiger partial charge in [0, 0.05) is 0 Å². The van der Waals surface area contributed by atoms with Gasteiger partial charge in [-0.05, 0) is 0 Å². The van der Waals surface area contributed by atoms with E-state index in [1.165, 1.54) is 0 Å². The summed E-state index contributed by atoms with van der Waals surface area (Å²) >= 11 is 2.62. The van der Waals surface area contributed by atoms with E-state index in [0.717, 1.165) is 0 Å². The van der Waals surface area contributed by atoms with Crippen molar-refractivity contribution in [1.29, 1.82) is 0 Å². The second-order valence-electron chi connectivity index (χ2n) is 0. The molecule has 2 N–H and O–H groups in total. The maximum absolute atomic E-state index is 7.88. The molecule has 0 aliphatic rings. The first kappa shape index (κ1) is 37.8. The fourth-order valence-corrected chi connectivity index (χ4v) is 0. The molecule has 0 aliphatic heterocycles. The van der Waals surface area contributed by atoms with Crippen LogP contribution >= 0.6 is 0 Å². The Balaban J connectivity index is -0.00000000167. The molecule has 5 heavy (non-hydrogen) atoms. The third kappa shape index (κ3) is 46.1. The first-order valence-electron chi connectivity index (χ1n) is 0.129. The van der Waals surface area contributed by atoms with E-state index in [1.807, 2.05) is 0 Å². The molecule has 0 atom stereocenters. The molecular formula is H2MgNiO3. The summed E-state index contributed by atoms with van der Waals surface area (Å²) in [5, 5.41) is 0. The average molecular weight is 133 g/mol. The van der Waals surface area contributed by atoms with Gasteiger partial charge >= 0.3 is 42.3 Å². The normalized spacial score (nSPS) is 1.20. The summed E-state index contributed by atoms with van der Waals surface area (Å²) in [6, 6.07) is 0. The predicted molar refractivity (Wildman–Crippen MR) is 10.7 cm³/mol. The van der Waals surface area contributed by atoms with E-state index in [-0.39, 0.29) is 34.0 Å². The van der Waals surface area contributed by atoms with Crippen molar-refractivity contribution in [3.05, 3.63) is 0 Å². The van der Waals surface area contributed by atoms with Gasteiger partial charge in [0.15, 0.2) is 0 Å². The van der Waals surface area contributed by atoms with Crippen LogP contribution in [0.15, 0.2) is 0 Å². The zero-order valence-electron chi connectivity index (χ0n) is 2.34. The second kappa shape index (κ2) is 82.2. The summed E-state index contributed by atoms with van der Waals surface area (Å²) < 4.78 is 7.88. The Morgan fingerprint density at radius 3 is 1.20 bits per heavy atom. The van der Waals surface area contributed by atoms with Gasteiger partial charge in [-0.3, -0.25) is 0 Å². The third-order valence-electron chi connectivity index (χ3n) is 0. The van der Waals surface area contributed by atoms with Gasteiger partial charge in [-0.1, -0.05) is 0 Å². The molecule has 0 unspecified atom stereocenters. The molecule has 0 saturated carbocycles. The standard InChI is InChI=1S/Mg.Ni.H2O.2O/h;;1H2;;/q+2;;;;-2. The Morgan fingerprint density at radius 2 is 1.20 bits per heavy atom. The third-order valence-corrected chi connectivity index (χ3v) is 0. The Bertz CT molecular complexity index is 6.85. The molecule has 32 valence electrons. The van der Waals surface area contributed by atoms with Crippen LogP contribution in [-0.4, -0.2) is 28.5 Å². The molecule has 0 bridgehead atoms. The van der Waals surface area contributed by atoms with Gasteiger partial charge in [0.05, 0.1) is 0 Å². The second-order valence-corrected chi connectivity index (χ2v) is 0. The van der Waals surface area contributed by atoms with Crippen LogP contribution in [0.3, 0.4) is 0 Å². The molecule has 0 fully saturated rings. The van der Waals surface area contributed by atoms with E-state index < -0.39 is 0 Å². The van der Waals surface area contributed by atoms with Crippen LogP contribution in [0.5, 0.6) is 0 Å². The van der Waals surface area contributed by atoms with Crippen molar-refractivity contribution in [1.82, 2.24) is 0 Å². The monoisotopic (exact) mass is 132 g/mol. The Morgan fingerprint density at radius 1 is 1.20 bits per heavy atom. The SMILES string of the molecule is O.[Mg+2].[O-2].[O]=[Ni]. The number of rotatable bonds is 0. The zero-order chi connectivity index (χ0) is 2.00. The molecule has 0 radical (unpaired) electrons. The van der Waals surface area contributed by atoms with Crippen LogP contribution in [0, 0.1) is 0 Å². The Kier molecular flexibility index (Phi) is 622. The van der Waals surface area contributed by atoms with Gasteiger partial charge in [-0.2, -0.15) is 0 Å². The Labute approximate surface area is 53.4 Å². The van der Waals surface area contributed by atoms with Crippen molar-refractivity contribution in [3.63, 3.8) is 0 Å². The molecule has 0 aromatic carbocycles. The number of hydrogen-bond donors (Lipinski definition) is 0. The van der Waals surface area contributed by atoms with Crippen LogP contribution < -0.4 is 0 Å². The molecule has 0 rings (SSSR count). The summed E-state index contributed by atoms with van der Waals surface area (Å²) in [7, 11) is 0. The molecule has 0 saturated heterocycles. The van der Waals surface area contributed by atoms with Crippen molar-refractivity contribution in [2.45, 2.75) is 0 Å². The van der Waals surface area contributed by atoms with Crippen molar-refractivity contribution >= 4 is 23.1 Å². The topological polar surface area (TPSA) is 77.1 Å². The molecule has 0 amide bonds. The summed E-state index contributed by atoms with van der Waals surface area (Å²) in [5.41, 5.74) is 0. The molecule has 0 spiro atoms. The molecule has 0 aromatic heterocycles. The van der Waals surface area contributed by atoms with E-state index in [1.54, 1.807) is 0 Å². The van der Waals surface area contributed by atoms with Crippen molar-refractivity contribution in [3.8, 4) is 0 Å². The minimum atomic E-state index is 0. The zero-order valence-corrected chi connectivity index (χ0v) is 4.74. The minimum absolute atomic E-state index is 0. The first-order valence-corrected chi connectivity index (χ1v) is 0.532. The van der Waals surface area contributed by atoms with Crippen LogP contribution in [0.2, 0.25) is 0 Å². The van der Waals surface area contributed by atoms with E-state index in [0.29, 0.717) is 0 Å². The van der Waals surface area contributed by atoms with Gasteiger partial charge in [0.1, 0.15) is 0 Å².